The zero-order chi connectivity index (χ0) is 15.0. The molecule has 20 heavy (non-hydrogen) atoms. The van der Waals surface area contributed by atoms with Gasteiger partial charge in [0.25, 0.3) is 0 Å². The standard InChI is InChI=1S/C15H16ClNO3/c1-3-17-10-13(15(19)20-2)14(18)9-6-11-4-7-12(16)8-5-11/h4-10,18H,3H2,1-2H3. The predicted octanol–water partition coefficient (Wildman–Crippen LogP) is 3.43. The van der Waals surface area contributed by atoms with E-state index in [0.717, 1.165) is 5.56 Å². The van der Waals surface area contributed by atoms with Crippen LogP contribution in [-0.2, 0) is 9.53 Å². The summed E-state index contributed by atoms with van der Waals surface area (Å²) in [6.45, 7) is 2.33. The number of halogens is 1. The van der Waals surface area contributed by atoms with E-state index in [2.05, 4.69) is 9.73 Å². The third-order valence-corrected chi connectivity index (χ3v) is 2.64. The maximum absolute atomic E-state index is 11.5. The van der Waals surface area contributed by atoms with Gasteiger partial charge in [-0.3, -0.25) is 4.99 Å². The Morgan fingerprint density at radius 2 is 2.05 bits per heavy atom. The molecule has 0 aliphatic carbocycles. The third kappa shape index (κ3) is 4.90. The number of ether oxygens (including phenoxy) is 1. The highest BCUT2D eigenvalue weighted by atomic mass is 35.5. The molecule has 0 amide bonds. The number of aliphatic hydroxyl groups is 1. The van der Waals surface area contributed by atoms with Gasteiger partial charge in [0.2, 0.25) is 0 Å². The van der Waals surface area contributed by atoms with Gasteiger partial charge in [-0.25, -0.2) is 4.79 Å². The van der Waals surface area contributed by atoms with Crippen LogP contribution in [0.2, 0.25) is 5.02 Å². The predicted molar refractivity (Wildman–Crippen MR) is 81.2 cm³/mol. The van der Waals surface area contributed by atoms with E-state index >= 15 is 0 Å². The first-order chi connectivity index (χ1) is 9.58. The molecule has 0 spiro atoms. The molecule has 0 unspecified atom stereocenters. The molecule has 0 aliphatic rings. The number of allylic oxidation sites excluding steroid dienone is 1. The quantitative estimate of drug-likeness (QED) is 0.297. The number of carbonyl (C=O) groups excluding carboxylic acids is 1. The van der Waals surface area contributed by atoms with E-state index in [0.29, 0.717) is 11.6 Å². The second-order valence-electron chi connectivity index (χ2n) is 3.80. The molecule has 4 nitrogen and oxygen atoms in total. The Bertz CT molecular complexity index is 545. The van der Waals surface area contributed by atoms with E-state index in [1.165, 1.54) is 19.4 Å². The van der Waals surface area contributed by atoms with Crippen molar-refractivity contribution in [1.82, 2.24) is 0 Å². The number of carbonyl (C=O) groups is 1. The maximum Gasteiger partial charge on any atom is 0.343 e. The Kier molecular flexibility index (Phi) is 6.53. The van der Waals surface area contributed by atoms with Crippen molar-refractivity contribution >= 4 is 29.9 Å². The number of hydrogen-bond acceptors (Lipinski definition) is 4. The van der Waals surface area contributed by atoms with Crippen LogP contribution < -0.4 is 0 Å². The largest absolute Gasteiger partial charge is 0.507 e. The van der Waals surface area contributed by atoms with Crippen molar-refractivity contribution in [2.24, 2.45) is 4.99 Å². The lowest BCUT2D eigenvalue weighted by Crippen LogP contribution is -2.08. The highest BCUT2D eigenvalue weighted by molar-refractivity contribution is 6.30. The summed E-state index contributed by atoms with van der Waals surface area (Å²) in [5.74, 6) is -0.843. The monoisotopic (exact) mass is 293 g/mol. The second kappa shape index (κ2) is 8.17. The Morgan fingerprint density at radius 1 is 1.40 bits per heavy atom. The van der Waals surface area contributed by atoms with E-state index in [9.17, 15) is 9.90 Å². The van der Waals surface area contributed by atoms with Gasteiger partial charge >= 0.3 is 5.97 Å². The molecule has 5 heteroatoms. The van der Waals surface area contributed by atoms with E-state index < -0.39 is 5.97 Å². The minimum Gasteiger partial charge on any atom is -0.507 e. The smallest absolute Gasteiger partial charge is 0.343 e. The van der Waals surface area contributed by atoms with Gasteiger partial charge in [0, 0.05) is 17.8 Å². The number of hydrogen-bond donors (Lipinski definition) is 1. The highest BCUT2D eigenvalue weighted by Gasteiger charge is 2.11. The van der Waals surface area contributed by atoms with Gasteiger partial charge in [0.15, 0.2) is 0 Å². The van der Waals surface area contributed by atoms with Gasteiger partial charge in [-0.15, -0.1) is 0 Å². The first kappa shape index (κ1) is 16.0. The van der Waals surface area contributed by atoms with Crippen molar-refractivity contribution in [3.63, 3.8) is 0 Å². The average Bonchev–Trinajstić information content (AvgIpc) is 2.46. The summed E-state index contributed by atoms with van der Waals surface area (Å²) in [6, 6.07) is 7.07. The lowest BCUT2D eigenvalue weighted by Gasteiger charge is -2.01. The van der Waals surface area contributed by atoms with Crippen molar-refractivity contribution in [3.05, 3.63) is 52.3 Å². The Labute approximate surface area is 123 Å². The van der Waals surface area contributed by atoms with E-state index in [1.807, 2.05) is 6.92 Å². The fourth-order valence-electron chi connectivity index (χ4n) is 1.35. The zero-order valence-electron chi connectivity index (χ0n) is 11.3. The van der Waals surface area contributed by atoms with Crippen LogP contribution in [0.15, 0.2) is 46.7 Å². The normalized spacial score (nSPS) is 12.8. The van der Waals surface area contributed by atoms with Crippen LogP contribution in [-0.4, -0.2) is 30.9 Å². The Morgan fingerprint density at radius 3 is 2.60 bits per heavy atom. The molecule has 1 aromatic rings. The van der Waals surface area contributed by atoms with Crippen LogP contribution >= 0.6 is 11.6 Å². The Balaban J connectivity index is 3.00. The number of aliphatic imine (C=N–C) groups is 1. The van der Waals surface area contributed by atoms with E-state index in [-0.39, 0.29) is 11.3 Å². The molecule has 0 saturated heterocycles. The average molecular weight is 294 g/mol. The maximum atomic E-state index is 11.5. The fourth-order valence-corrected chi connectivity index (χ4v) is 1.48. The zero-order valence-corrected chi connectivity index (χ0v) is 12.1. The first-order valence-corrected chi connectivity index (χ1v) is 6.41. The lowest BCUT2D eigenvalue weighted by molar-refractivity contribution is -0.135. The van der Waals surface area contributed by atoms with Crippen molar-refractivity contribution in [2.45, 2.75) is 6.92 Å². The molecule has 0 fully saturated rings. The van der Waals surface area contributed by atoms with Crippen LogP contribution in [0.1, 0.15) is 12.5 Å². The van der Waals surface area contributed by atoms with Crippen LogP contribution in [0.4, 0.5) is 0 Å². The molecule has 1 aromatic carbocycles. The molecular weight excluding hydrogens is 278 g/mol. The van der Waals surface area contributed by atoms with Crippen LogP contribution in [0, 0.1) is 0 Å². The number of esters is 1. The first-order valence-electron chi connectivity index (χ1n) is 6.03. The minimum absolute atomic E-state index is 0.0135. The summed E-state index contributed by atoms with van der Waals surface area (Å²) >= 11 is 5.78. The SMILES string of the molecule is CCN=CC(C(=O)OC)=C(O)C=Cc1ccc(Cl)cc1. The molecule has 0 aliphatic heterocycles. The third-order valence-electron chi connectivity index (χ3n) is 2.39. The van der Waals surface area contributed by atoms with Gasteiger partial charge in [-0.1, -0.05) is 29.8 Å². The summed E-state index contributed by atoms with van der Waals surface area (Å²) in [5.41, 5.74) is 0.858. The molecule has 0 saturated carbocycles. The summed E-state index contributed by atoms with van der Waals surface area (Å²) < 4.78 is 4.60. The number of nitrogens with zero attached hydrogens (tertiary/aromatic N) is 1. The molecule has 0 heterocycles. The lowest BCUT2D eigenvalue weighted by atomic mass is 10.1. The van der Waals surface area contributed by atoms with Crippen LogP contribution in [0.25, 0.3) is 6.08 Å². The molecule has 0 atom stereocenters. The summed E-state index contributed by atoms with van der Waals surface area (Å²) in [4.78, 5) is 15.5. The molecule has 0 aromatic heterocycles. The van der Waals surface area contributed by atoms with E-state index in [4.69, 9.17) is 11.6 Å². The van der Waals surface area contributed by atoms with E-state index in [1.54, 1.807) is 30.3 Å². The van der Waals surface area contributed by atoms with Gasteiger partial charge in [0.05, 0.1) is 7.11 Å². The molecule has 1 rings (SSSR count). The Hall–Kier alpha value is -2.07. The van der Waals surface area contributed by atoms with Gasteiger partial charge in [-0.2, -0.15) is 0 Å². The number of benzene rings is 1. The van der Waals surface area contributed by atoms with Gasteiger partial charge in [0.1, 0.15) is 11.3 Å². The van der Waals surface area contributed by atoms with Crippen molar-refractivity contribution in [3.8, 4) is 0 Å². The molecule has 0 radical (unpaired) electrons. The molecule has 0 bridgehead atoms. The fraction of sp³-hybridized carbons (Fsp3) is 0.200. The summed E-state index contributed by atoms with van der Waals surface area (Å²) in [6.07, 6.45) is 4.37. The summed E-state index contributed by atoms with van der Waals surface area (Å²) in [5, 5.41) is 10.6. The summed E-state index contributed by atoms with van der Waals surface area (Å²) in [7, 11) is 1.25. The minimum atomic E-state index is -0.638. The van der Waals surface area contributed by atoms with Crippen molar-refractivity contribution in [2.75, 3.05) is 13.7 Å². The highest BCUT2D eigenvalue weighted by Crippen LogP contribution is 2.12. The molecule has 106 valence electrons. The number of rotatable bonds is 5. The van der Waals surface area contributed by atoms with Crippen molar-refractivity contribution < 1.29 is 14.6 Å². The van der Waals surface area contributed by atoms with Crippen LogP contribution in [0.3, 0.4) is 0 Å². The molecular formula is C15H16ClNO3. The van der Waals surface area contributed by atoms with Crippen molar-refractivity contribution in [1.29, 1.82) is 0 Å². The topological polar surface area (TPSA) is 58.9 Å². The van der Waals surface area contributed by atoms with Gasteiger partial charge < -0.3 is 9.84 Å². The number of aliphatic hydroxyl groups excluding tert-OH is 1. The number of methoxy groups -OCH3 is 1. The molecule has 1 N–H and O–H groups in total. The van der Waals surface area contributed by atoms with Crippen LogP contribution in [0.5, 0.6) is 0 Å². The second-order valence-corrected chi connectivity index (χ2v) is 4.24. The van der Waals surface area contributed by atoms with Gasteiger partial charge in [-0.05, 0) is 30.7 Å².